The van der Waals surface area contributed by atoms with Gasteiger partial charge in [0.25, 0.3) is 0 Å². The quantitative estimate of drug-likeness (QED) is 0.741. The van der Waals surface area contributed by atoms with Gasteiger partial charge in [0, 0.05) is 0 Å². The number of carboxylic acids is 1. The molecule has 0 fully saturated rings. The van der Waals surface area contributed by atoms with Crippen molar-refractivity contribution in [1.29, 1.82) is 0 Å². The van der Waals surface area contributed by atoms with E-state index in [9.17, 15) is 4.79 Å². The number of benzene rings is 1. The lowest BCUT2D eigenvalue weighted by molar-refractivity contribution is -0.143. The van der Waals surface area contributed by atoms with Crippen LogP contribution in [-0.4, -0.2) is 11.1 Å². The molecule has 2 heteroatoms. The molecule has 0 saturated heterocycles. The van der Waals surface area contributed by atoms with Crippen molar-refractivity contribution in [3.8, 4) is 0 Å². The summed E-state index contributed by atoms with van der Waals surface area (Å²) in [6.45, 7) is 5.30. The van der Waals surface area contributed by atoms with Crippen LogP contribution in [-0.2, 0) is 10.2 Å². The van der Waals surface area contributed by atoms with Crippen molar-refractivity contribution in [3.05, 3.63) is 48.6 Å². The Labute approximate surface area is 83.9 Å². The summed E-state index contributed by atoms with van der Waals surface area (Å²) >= 11 is 0. The van der Waals surface area contributed by atoms with Gasteiger partial charge in [0.15, 0.2) is 0 Å². The van der Waals surface area contributed by atoms with Crippen molar-refractivity contribution >= 4 is 5.97 Å². The van der Waals surface area contributed by atoms with Crippen LogP contribution in [0.25, 0.3) is 0 Å². The largest absolute Gasteiger partial charge is 0.481 e. The van der Waals surface area contributed by atoms with Crippen molar-refractivity contribution in [3.63, 3.8) is 0 Å². The molecule has 0 saturated carbocycles. The lowest BCUT2D eigenvalue weighted by Crippen LogP contribution is -2.31. The first-order valence-corrected chi connectivity index (χ1v) is 4.51. The molecule has 0 unspecified atom stereocenters. The summed E-state index contributed by atoms with van der Waals surface area (Å²) in [6, 6.07) is 9.23. The van der Waals surface area contributed by atoms with Crippen molar-refractivity contribution in [2.24, 2.45) is 0 Å². The van der Waals surface area contributed by atoms with Crippen LogP contribution in [0.2, 0.25) is 0 Å². The smallest absolute Gasteiger partial charge is 0.314 e. The minimum Gasteiger partial charge on any atom is -0.481 e. The Balaban J connectivity index is 3.12. The molecule has 2 nitrogen and oxygen atoms in total. The SMILES string of the molecule is C=CC[C@](C)(C(=O)O)c1ccccc1. The Kier molecular flexibility index (Phi) is 3.07. The molecule has 0 aromatic heterocycles. The minimum atomic E-state index is -0.858. The predicted molar refractivity (Wildman–Crippen MR) is 56.2 cm³/mol. The number of allylic oxidation sites excluding steroid dienone is 1. The molecule has 0 aliphatic rings. The molecule has 1 rings (SSSR count). The second-order valence-electron chi connectivity index (χ2n) is 3.50. The normalized spacial score (nSPS) is 14.4. The molecule has 0 heterocycles. The van der Waals surface area contributed by atoms with Gasteiger partial charge in [-0.1, -0.05) is 36.4 Å². The van der Waals surface area contributed by atoms with Gasteiger partial charge in [0.1, 0.15) is 0 Å². The highest BCUT2D eigenvalue weighted by Crippen LogP contribution is 2.27. The number of rotatable bonds is 4. The molecule has 0 aliphatic carbocycles. The summed E-state index contributed by atoms with van der Waals surface area (Å²) in [5, 5.41) is 9.17. The average Bonchev–Trinajstić information content (AvgIpc) is 2.19. The molecular formula is C12H14O2. The van der Waals surface area contributed by atoms with E-state index >= 15 is 0 Å². The summed E-state index contributed by atoms with van der Waals surface area (Å²) in [5.74, 6) is -0.816. The van der Waals surface area contributed by atoms with E-state index < -0.39 is 11.4 Å². The van der Waals surface area contributed by atoms with Gasteiger partial charge in [0.05, 0.1) is 5.41 Å². The molecule has 1 aromatic carbocycles. The molecule has 0 aliphatic heterocycles. The van der Waals surface area contributed by atoms with Gasteiger partial charge in [-0.15, -0.1) is 6.58 Å². The zero-order valence-electron chi connectivity index (χ0n) is 8.23. The zero-order chi connectivity index (χ0) is 10.6. The Morgan fingerprint density at radius 3 is 2.50 bits per heavy atom. The number of carboxylic acid groups (broad SMARTS) is 1. The summed E-state index contributed by atoms with van der Waals surface area (Å²) in [4.78, 5) is 11.2. The third kappa shape index (κ3) is 1.84. The first kappa shape index (κ1) is 10.5. The Hall–Kier alpha value is -1.57. The number of hydrogen-bond acceptors (Lipinski definition) is 1. The summed E-state index contributed by atoms with van der Waals surface area (Å²) in [5.41, 5.74) is -0.0457. The van der Waals surface area contributed by atoms with E-state index in [0.29, 0.717) is 6.42 Å². The van der Waals surface area contributed by atoms with Crippen LogP contribution in [0, 0.1) is 0 Å². The van der Waals surface area contributed by atoms with E-state index in [4.69, 9.17) is 5.11 Å². The van der Waals surface area contributed by atoms with Crippen LogP contribution in [0.1, 0.15) is 18.9 Å². The van der Waals surface area contributed by atoms with Crippen LogP contribution in [0.4, 0.5) is 0 Å². The minimum absolute atomic E-state index is 0.437. The molecule has 74 valence electrons. The number of aliphatic carboxylic acids is 1. The fourth-order valence-electron chi connectivity index (χ4n) is 1.42. The summed E-state index contributed by atoms with van der Waals surface area (Å²) in [6.07, 6.45) is 2.08. The van der Waals surface area contributed by atoms with Crippen molar-refractivity contribution in [2.75, 3.05) is 0 Å². The van der Waals surface area contributed by atoms with Crippen LogP contribution in [0.15, 0.2) is 43.0 Å². The van der Waals surface area contributed by atoms with Gasteiger partial charge in [0.2, 0.25) is 0 Å². The van der Waals surface area contributed by atoms with Gasteiger partial charge in [-0.25, -0.2) is 0 Å². The van der Waals surface area contributed by atoms with Gasteiger partial charge in [-0.3, -0.25) is 4.79 Å². The topological polar surface area (TPSA) is 37.3 Å². The van der Waals surface area contributed by atoms with E-state index in [1.54, 1.807) is 13.0 Å². The Bertz CT molecular complexity index is 329. The molecule has 0 spiro atoms. The first-order chi connectivity index (χ1) is 6.61. The van der Waals surface area contributed by atoms with Crippen molar-refractivity contribution in [1.82, 2.24) is 0 Å². The molecule has 1 atom stereocenters. The third-order valence-corrected chi connectivity index (χ3v) is 2.44. The van der Waals surface area contributed by atoms with E-state index in [0.717, 1.165) is 5.56 Å². The van der Waals surface area contributed by atoms with Gasteiger partial charge in [-0.2, -0.15) is 0 Å². The predicted octanol–water partition coefficient (Wildman–Crippen LogP) is 2.61. The molecule has 0 radical (unpaired) electrons. The second-order valence-corrected chi connectivity index (χ2v) is 3.50. The highest BCUT2D eigenvalue weighted by Gasteiger charge is 2.33. The highest BCUT2D eigenvalue weighted by molar-refractivity contribution is 5.81. The van der Waals surface area contributed by atoms with Crippen LogP contribution in [0.3, 0.4) is 0 Å². The van der Waals surface area contributed by atoms with Crippen LogP contribution < -0.4 is 0 Å². The maximum absolute atomic E-state index is 11.2. The average molecular weight is 190 g/mol. The first-order valence-electron chi connectivity index (χ1n) is 4.51. The monoisotopic (exact) mass is 190 g/mol. The maximum Gasteiger partial charge on any atom is 0.314 e. The second kappa shape index (κ2) is 4.09. The van der Waals surface area contributed by atoms with Crippen molar-refractivity contribution in [2.45, 2.75) is 18.8 Å². The maximum atomic E-state index is 11.2. The molecule has 0 amide bonds. The zero-order valence-corrected chi connectivity index (χ0v) is 8.23. The lowest BCUT2D eigenvalue weighted by atomic mass is 9.80. The van der Waals surface area contributed by atoms with Crippen molar-refractivity contribution < 1.29 is 9.90 Å². The standard InChI is InChI=1S/C12H14O2/c1-3-9-12(2,11(13)14)10-7-5-4-6-8-10/h3-8H,1,9H2,2H3,(H,13,14)/t12-/m0/s1. The van der Waals surface area contributed by atoms with Gasteiger partial charge >= 0.3 is 5.97 Å². The Morgan fingerprint density at radius 2 is 2.07 bits per heavy atom. The third-order valence-electron chi connectivity index (χ3n) is 2.44. The fourth-order valence-corrected chi connectivity index (χ4v) is 1.42. The number of hydrogen-bond donors (Lipinski definition) is 1. The molecule has 14 heavy (non-hydrogen) atoms. The van der Waals surface area contributed by atoms with E-state index in [-0.39, 0.29) is 0 Å². The molecular weight excluding hydrogens is 176 g/mol. The van der Waals surface area contributed by atoms with Crippen LogP contribution in [0.5, 0.6) is 0 Å². The van der Waals surface area contributed by atoms with Crippen LogP contribution >= 0.6 is 0 Å². The van der Waals surface area contributed by atoms with E-state index in [1.807, 2.05) is 30.3 Å². The highest BCUT2D eigenvalue weighted by atomic mass is 16.4. The molecule has 1 aromatic rings. The van der Waals surface area contributed by atoms with E-state index in [2.05, 4.69) is 6.58 Å². The molecule has 0 bridgehead atoms. The number of carbonyl (C=O) groups is 1. The summed E-state index contributed by atoms with van der Waals surface area (Å²) in [7, 11) is 0. The van der Waals surface area contributed by atoms with E-state index in [1.165, 1.54) is 0 Å². The van der Waals surface area contributed by atoms with Gasteiger partial charge < -0.3 is 5.11 Å². The lowest BCUT2D eigenvalue weighted by Gasteiger charge is -2.23. The Morgan fingerprint density at radius 1 is 1.50 bits per heavy atom. The molecule has 1 N–H and O–H groups in total. The fraction of sp³-hybridized carbons (Fsp3) is 0.250. The van der Waals surface area contributed by atoms with Gasteiger partial charge in [-0.05, 0) is 18.9 Å². The summed E-state index contributed by atoms with van der Waals surface area (Å²) < 4.78 is 0.